The van der Waals surface area contributed by atoms with Gasteiger partial charge in [0.1, 0.15) is 0 Å². The van der Waals surface area contributed by atoms with E-state index in [9.17, 15) is 9.59 Å². The lowest BCUT2D eigenvalue weighted by atomic mass is 9.91. The monoisotopic (exact) mass is 603 g/mol. The Kier molecular flexibility index (Phi) is 7.87. The predicted octanol–water partition coefficient (Wildman–Crippen LogP) is 5.47. The van der Waals surface area contributed by atoms with Gasteiger partial charge in [-0.3, -0.25) is 14.8 Å². The smallest absolute Gasteiger partial charge is 0.338 e. The Labute approximate surface area is 262 Å². The number of carboxylic acids is 1. The zero-order valence-corrected chi connectivity index (χ0v) is 25.5. The Balaban J connectivity index is 0.962. The minimum atomic E-state index is -1.01. The van der Waals surface area contributed by atoms with Gasteiger partial charge in [0, 0.05) is 74.3 Å². The fourth-order valence-corrected chi connectivity index (χ4v) is 6.81. The second-order valence-corrected chi connectivity index (χ2v) is 12.3. The number of amides is 1. The summed E-state index contributed by atoms with van der Waals surface area (Å²) in [6.07, 6.45) is 14.3. The van der Waals surface area contributed by atoms with Gasteiger partial charge in [-0.05, 0) is 98.4 Å². The molecule has 1 aromatic carbocycles. The average molecular weight is 604 g/mol. The largest absolute Gasteiger partial charge is 0.478 e. The molecular weight excluding hydrogens is 566 g/mol. The van der Waals surface area contributed by atoms with Crippen LogP contribution in [0.25, 0.3) is 11.3 Å². The van der Waals surface area contributed by atoms with Crippen molar-refractivity contribution in [2.24, 2.45) is 5.92 Å². The highest BCUT2D eigenvalue weighted by molar-refractivity contribution is 5.96. The van der Waals surface area contributed by atoms with E-state index in [-0.39, 0.29) is 11.5 Å². The number of carbonyl (C=O) groups is 2. The van der Waals surface area contributed by atoms with Crippen LogP contribution in [0.15, 0.2) is 61.2 Å². The summed E-state index contributed by atoms with van der Waals surface area (Å²) in [6.45, 7) is 2.69. The SMILES string of the molecule is CN1C(=O)CCc2cc(N3CCCc4cc(-c5ccc(CCC6CCN(c7ncc(C(=O)O)cn7)CC6)nc5)ncc43)ccc21. The highest BCUT2D eigenvalue weighted by atomic mass is 16.4. The molecule has 0 atom stereocenters. The van der Waals surface area contributed by atoms with E-state index in [0.717, 1.165) is 98.6 Å². The quantitative estimate of drug-likeness (QED) is 0.293. The Hall–Kier alpha value is -4.86. The topological polar surface area (TPSA) is 116 Å². The maximum atomic E-state index is 12.1. The number of carboxylic acid groups (broad SMARTS) is 1. The lowest BCUT2D eigenvalue weighted by molar-refractivity contribution is -0.118. The van der Waals surface area contributed by atoms with Gasteiger partial charge in [0.25, 0.3) is 0 Å². The number of hydrogen-bond donors (Lipinski definition) is 1. The van der Waals surface area contributed by atoms with Crippen LogP contribution < -0.4 is 14.7 Å². The zero-order chi connectivity index (χ0) is 30.9. The van der Waals surface area contributed by atoms with E-state index in [2.05, 4.69) is 56.2 Å². The number of nitrogens with zero attached hydrogens (tertiary/aromatic N) is 7. The average Bonchev–Trinajstić information content (AvgIpc) is 3.09. The molecule has 0 saturated carbocycles. The summed E-state index contributed by atoms with van der Waals surface area (Å²) in [6, 6.07) is 12.9. The highest BCUT2D eigenvalue weighted by Crippen LogP contribution is 2.38. The van der Waals surface area contributed by atoms with Crippen LogP contribution in [0.5, 0.6) is 0 Å². The van der Waals surface area contributed by atoms with Crippen LogP contribution >= 0.6 is 0 Å². The first-order valence-electron chi connectivity index (χ1n) is 15.8. The summed E-state index contributed by atoms with van der Waals surface area (Å²) in [5.41, 5.74) is 9.04. The molecule has 1 amide bonds. The van der Waals surface area contributed by atoms with E-state index in [1.807, 2.05) is 19.4 Å². The lowest BCUT2D eigenvalue weighted by Gasteiger charge is -2.33. The molecular formula is C35H37N7O3. The number of piperidine rings is 1. The molecule has 0 aliphatic carbocycles. The molecule has 0 radical (unpaired) electrons. The minimum absolute atomic E-state index is 0.108. The molecule has 3 aromatic heterocycles. The first kappa shape index (κ1) is 28.9. The van der Waals surface area contributed by atoms with Crippen LogP contribution in [0.1, 0.15) is 59.3 Å². The van der Waals surface area contributed by atoms with E-state index in [0.29, 0.717) is 18.3 Å². The van der Waals surface area contributed by atoms with Gasteiger partial charge in [0.05, 0.1) is 23.1 Å². The lowest BCUT2D eigenvalue weighted by Crippen LogP contribution is -2.35. The molecule has 7 rings (SSSR count). The number of aromatic carboxylic acids is 1. The molecule has 10 heteroatoms. The van der Waals surface area contributed by atoms with Crippen molar-refractivity contribution in [1.29, 1.82) is 0 Å². The van der Waals surface area contributed by atoms with E-state index < -0.39 is 5.97 Å². The molecule has 1 N–H and O–H groups in total. The standard InChI is InChI=1S/C35H37N7O3/c1-40-31-10-9-29(17-25(31)6-11-33(40)43)42-14-2-3-24-18-30(37-22-32(24)42)26-5-8-28(36-19-26)7-4-23-12-15-41(16-13-23)35-38-20-27(21-39-35)34(44)45/h5,8-10,17-23H,2-4,6-7,11-16H2,1H3,(H,44,45). The number of benzene rings is 1. The van der Waals surface area contributed by atoms with Crippen molar-refractivity contribution in [3.05, 3.63) is 83.6 Å². The summed E-state index contributed by atoms with van der Waals surface area (Å²) >= 11 is 0. The molecule has 6 heterocycles. The zero-order valence-electron chi connectivity index (χ0n) is 25.5. The van der Waals surface area contributed by atoms with E-state index in [1.54, 1.807) is 4.90 Å². The number of aryl methyl sites for hydroxylation is 3. The Morgan fingerprint density at radius 2 is 1.67 bits per heavy atom. The molecule has 3 aliphatic heterocycles. The molecule has 4 aromatic rings. The van der Waals surface area contributed by atoms with Crippen molar-refractivity contribution in [2.45, 2.75) is 51.4 Å². The summed E-state index contributed by atoms with van der Waals surface area (Å²) in [5.74, 6) is 0.382. The Morgan fingerprint density at radius 1 is 0.867 bits per heavy atom. The van der Waals surface area contributed by atoms with Gasteiger partial charge in [-0.2, -0.15) is 0 Å². The number of anilines is 4. The predicted molar refractivity (Wildman–Crippen MR) is 173 cm³/mol. The maximum Gasteiger partial charge on any atom is 0.338 e. The molecule has 0 bridgehead atoms. The fourth-order valence-electron chi connectivity index (χ4n) is 6.81. The molecule has 1 fully saturated rings. The van der Waals surface area contributed by atoms with Gasteiger partial charge >= 0.3 is 5.97 Å². The number of rotatable bonds is 7. The first-order chi connectivity index (χ1) is 21.9. The molecule has 230 valence electrons. The van der Waals surface area contributed by atoms with Crippen molar-refractivity contribution in [2.75, 3.05) is 41.4 Å². The van der Waals surface area contributed by atoms with E-state index in [4.69, 9.17) is 15.1 Å². The minimum Gasteiger partial charge on any atom is -0.478 e. The van der Waals surface area contributed by atoms with Crippen molar-refractivity contribution in [3.8, 4) is 11.3 Å². The number of fused-ring (bicyclic) bond motifs is 2. The third kappa shape index (κ3) is 5.96. The molecule has 0 spiro atoms. The van der Waals surface area contributed by atoms with Crippen LogP contribution in [0.2, 0.25) is 0 Å². The van der Waals surface area contributed by atoms with E-state index in [1.165, 1.54) is 23.5 Å². The third-order valence-corrected chi connectivity index (χ3v) is 9.51. The van der Waals surface area contributed by atoms with Gasteiger partial charge in [0.15, 0.2) is 0 Å². The third-order valence-electron chi connectivity index (χ3n) is 9.51. The summed E-state index contributed by atoms with van der Waals surface area (Å²) in [5, 5.41) is 9.06. The van der Waals surface area contributed by atoms with Crippen LogP contribution in [0, 0.1) is 5.92 Å². The van der Waals surface area contributed by atoms with Crippen LogP contribution in [-0.2, 0) is 24.1 Å². The van der Waals surface area contributed by atoms with Gasteiger partial charge in [-0.25, -0.2) is 14.8 Å². The molecule has 10 nitrogen and oxygen atoms in total. The van der Waals surface area contributed by atoms with Crippen molar-refractivity contribution < 1.29 is 14.7 Å². The van der Waals surface area contributed by atoms with Crippen LogP contribution in [0.3, 0.4) is 0 Å². The second-order valence-electron chi connectivity index (χ2n) is 12.3. The second kappa shape index (κ2) is 12.3. The van der Waals surface area contributed by atoms with Gasteiger partial charge in [-0.15, -0.1) is 0 Å². The Morgan fingerprint density at radius 3 is 2.42 bits per heavy atom. The summed E-state index contributed by atoms with van der Waals surface area (Å²) < 4.78 is 0. The maximum absolute atomic E-state index is 12.1. The molecule has 3 aliphatic rings. The first-order valence-corrected chi connectivity index (χ1v) is 15.8. The number of hydrogen-bond acceptors (Lipinski definition) is 8. The summed E-state index contributed by atoms with van der Waals surface area (Å²) in [7, 11) is 1.86. The van der Waals surface area contributed by atoms with Crippen molar-refractivity contribution >= 4 is 34.9 Å². The number of carbonyl (C=O) groups excluding carboxylic acids is 1. The van der Waals surface area contributed by atoms with Gasteiger partial charge in [-0.1, -0.05) is 0 Å². The molecule has 0 unspecified atom stereocenters. The number of aromatic nitrogens is 4. The number of pyridine rings is 2. The van der Waals surface area contributed by atoms with Gasteiger partial charge in [0.2, 0.25) is 11.9 Å². The van der Waals surface area contributed by atoms with Crippen LogP contribution in [0.4, 0.5) is 23.0 Å². The van der Waals surface area contributed by atoms with Gasteiger partial charge < -0.3 is 19.8 Å². The Bertz CT molecular complexity index is 1720. The van der Waals surface area contributed by atoms with E-state index >= 15 is 0 Å². The summed E-state index contributed by atoms with van der Waals surface area (Å²) in [4.78, 5) is 47.6. The normalized spacial score (nSPS) is 16.8. The molecule has 45 heavy (non-hydrogen) atoms. The molecule has 1 saturated heterocycles. The fraction of sp³-hybridized carbons (Fsp3) is 0.371. The van der Waals surface area contributed by atoms with Crippen molar-refractivity contribution in [1.82, 2.24) is 19.9 Å². The van der Waals surface area contributed by atoms with Crippen molar-refractivity contribution in [3.63, 3.8) is 0 Å². The highest BCUT2D eigenvalue weighted by Gasteiger charge is 2.25. The van der Waals surface area contributed by atoms with Crippen LogP contribution in [-0.4, -0.2) is 63.6 Å².